The average molecular weight is 243 g/mol. The highest BCUT2D eigenvalue weighted by Gasteiger charge is 2.38. The minimum atomic E-state index is -4.42. The van der Waals surface area contributed by atoms with Crippen LogP contribution in [-0.2, 0) is 6.18 Å². The number of nitrogens with zero attached hydrogens (tertiary/aromatic N) is 3. The van der Waals surface area contributed by atoms with Crippen molar-refractivity contribution in [2.24, 2.45) is 0 Å². The van der Waals surface area contributed by atoms with Gasteiger partial charge >= 0.3 is 6.18 Å². The average Bonchev–Trinajstić information content (AvgIpc) is 2.95. The lowest BCUT2D eigenvalue weighted by Gasteiger charge is -2.12. The topological polar surface area (TPSA) is 41.6 Å². The summed E-state index contributed by atoms with van der Waals surface area (Å²) >= 11 is 0. The highest BCUT2D eigenvalue weighted by Crippen LogP contribution is 2.43. The third-order valence-corrected chi connectivity index (χ3v) is 2.85. The second kappa shape index (κ2) is 4.06. The zero-order chi connectivity index (χ0) is 12.6. The van der Waals surface area contributed by atoms with Gasteiger partial charge in [0.15, 0.2) is 5.69 Å². The minimum absolute atomic E-state index is 0.165. The fourth-order valence-corrected chi connectivity index (χ4v) is 1.80. The molecule has 1 fully saturated rings. The number of hydrogen-bond donors (Lipinski definition) is 0. The van der Waals surface area contributed by atoms with E-state index in [2.05, 4.69) is 5.10 Å². The summed E-state index contributed by atoms with van der Waals surface area (Å²) in [5, 5.41) is 12.2. The Balaban J connectivity index is 2.36. The van der Waals surface area contributed by atoms with Crippen LogP contribution < -0.4 is 0 Å². The van der Waals surface area contributed by atoms with Crippen LogP contribution in [0.25, 0.3) is 0 Å². The van der Waals surface area contributed by atoms with Crippen LogP contribution >= 0.6 is 0 Å². The maximum Gasteiger partial charge on any atom is 0.435 e. The normalized spacial score (nSPS) is 17.8. The van der Waals surface area contributed by atoms with Crippen molar-refractivity contribution in [3.63, 3.8) is 0 Å². The van der Waals surface area contributed by atoms with Crippen molar-refractivity contribution >= 4 is 0 Å². The van der Waals surface area contributed by atoms with Crippen molar-refractivity contribution in [1.29, 1.82) is 5.26 Å². The first-order valence-corrected chi connectivity index (χ1v) is 5.47. The van der Waals surface area contributed by atoms with E-state index in [1.165, 1.54) is 4.68 Å². The predicted molar refractivity (Wildman–Crippen MR) is 54.1 cm³/mol. The second-order valence-corrected chi connectivity index (χ2v) is 4.38. The molecule has 1 atom stereocenters. The third-order valence-electron chi connectivity index (χ3n) is 2.85. The van der Waals surface area contributed by atoms with Crippen molar-refractivity contribution in [1.82, 2.24) is 9.78 Å². The van der Waals surface area contributed by atoms with Crippen molar-refractivity contribution < 1.29 is 13.2 Å². The summed E-state index contributed by atoms with van der Waals surface area (Å²) in [6.07, 6.45) is -2.44. The Hall–Kier alpha value is -1.51. The molecule has 6 heteroatoms. The molecule has 17 heavy (non-hydrogen) atoms. The first-order chi connectivity index (χ1) is 7.93. The summed E-state index contributed by atoms with van der Waals surface area (Å²) in [6.45, 7) is 1.71. The molecular weight excluding hydrogens is 231 g/mol. The molecule has 1 aromatic heterocycles. The van der Waals surface area contributed by atoms with E-state index < -0.39 is 11.9 Å². The molecule has 1 aliphatic rings. The van der Waals surface area contributed by atoms with Gasteiger partial charge in [-0.3, -0.25) is 4.68 Å². The standard InChI is InChI=1S/C11H12F3N3/c1-7(4-5-15)17-9(8-2-3-8)6-10(16-17)11(12,13)14/h6-8H,2-4H2,1H3/t7-/m0/s1. The smallest absolute Gasteiger partial charge is 0.265 e. The fraction of sp³-hybridized carbons (Fsp3) is 0.636. The number of rotatable bonds is 3. The lowest BCUT2D eigenvalue weighted by Crippen LogP contribution is -2.12. The molecule has 92 valence electrons. The Morgan fingerprint density at radius 1 is 1.59 bits per heavy atom. The molecule has 3 nitrogen and oxygen atoms in total. The van der Waals surface area contributed by atoms with Crippen LogP contribution in [0.15, 0.2) is 6.07 Å². The lowest BCUT2D eigenvalue weighted by atomic mass is 10.2. The highest BCUT2D eigenvalue weighted by atomic mass is 19.4. The number of hydrogen-bond acceptors (Lipinski definition) is 2. The Kier molecular flexibility index (Phi) is 2.86. The predicted octanol–water partition coefficient (Wildman–Crippen LogP) is 3.25. The Morgan fingerprint density at radius 2 is 2.24 bits per heavy atom. The molecule has 1 aromatic rings. The zero-order valence-electron chi connectivity index (χ0n) is 9.33. The SMILES string of the molecule is C[C@@H](CC#N)n1nc(C(F)(F)F)cc1C1CC1. The molecule has 0 saturated heterocycles. The van der Waals surface area contributed by atoms with Gasteiger partial charge in [0.25, 0.3) is 0 Å². The molecule has 0 amide bonds. The first kappa shape index (κ1) is 12.0. The van der Waals surface area contributed by atoms with E-state index in [1.54, 1.807) is 6.92 Å². The first-order valence-electron chi connectivity index (χ1n) is 5.47. The van der Waals surface area contributed by atoms with Crippen LogP contribution in [0.2, 0.25) is 0 Å². The third kappa shape index (κ3) is 2.43. The highest BCUT2D eigenvalue weighted by molar-refractivity contribution is 5.21. The number of aromatic nitrogens is 2. The zero-order valence-corrected chi connectivity index (χ0v) is 9.33. The molecule has 0 N–H and O–H groups in total. The number of halogens is 3. The maximum absolute atomic E-state index is 12.6. The summed E-state index contributed by atoms with van der Waals surface area (Å²) < 4.78 is 39.1. The van der Waals surface area contributed by atoms with Gasteiger partial charge in [-0.2, -0.15) is 23.5 Å². The Bertz CT molecular complexity index is 452. The van der Waals surface area contributed by atoms with E-state index in [4.69, 9.17) is 5.26 Å². The van der Waals surface area contributed by atoms with Crippen molar-refractivity contribution in [3.8, 4) is 6.07 Å². The van der Waals surface area contributed by atoms with Gasteiger partial charge in [0.2, 0.25) is 0 Å². The second-order valence-electron chi connectivity index (χ2n) is 4.38. The monoisotopic (exact) mass is 243 g/mol. The molecule has 2 rings (SSSR count). The Morgan fingerprint density at radius 3 is 2.71 bits per heavy atom. The summed E-state index contributed by atoms with van der Waals surface area (Å²) in [7, 11) is 0. The molecular formula is C11H12F3N3. The lowest BCUT2D eigenvalue weighted by molar-refractivity contribution is -0.141. The molecule has 0 aliphatic heterocycles. The van der Waals surface area contributed by atoms with Crippen molar-refractivity contribution in [3.05, 3.63) is 17.5 Å². The fourth-order valence-electron chi connectivity index (χ4n) is 1.80. The van der Waals surface area contributed by atoms with Crippen LogP contribution in [0.4, 0.5) is 13.2 Å². The van der Waals surface area contributed by atoms with E-state index in [0.29, 0.717) is 5.69 Å². The van der Waals surface area contributed by atoms with E-state index in [9.17, 15) is 13.2 Å². The largest absolute Gasteiger partial charge is 0.435 e. The van der Waals surface area contributed by atoms with Crippen LogP contribution in [-0.4, -0.2) is 9.78 Å². The molecule has 1 aliphatic carbocycles. The summed E-state index contributed by atoms with van der Waals surface area (Å²) in [6, 6.07) is 2.76. The van der Waals surface area contributed by atoms with Crippen LogP contribution in [0.5, 0.6) is 0 Å². The van der Waals surface area contributed by atoms with Crippen molar-refractivity contribution in [2.75, 3.05) is 0 Å². The quantitative estimate of drug-likeness (QED) is 0.817. The molecule has 1 saturated carbocycles. The van der Waals surface area contributed by atoms with Crippen LogP contribution in [0.3, 0.4) is 0 Å². The van der Waals surface area contributed by atoms with Crippen LogP contribution in [0.1, 0.15) is 49.5 Å². The van der Waals surface area contributed by atoms with Gasteiger partial charge in [0.1, 0.15) is 0 Å². The van der Waals surface area contributed by atoms with E-state index in [0.717, 1.165) is 18.9 Å². The van der Waals surface area contributed by atoms with E-state index in [-0.39, 0.29) is 18.4 Å². The van der Waals surface area contributed by atoms with Crippen molar-refractivity contribution in [2.45, 2.75) is 44.3 Å². The van der Waals surface area contributed by atoms with E-state index >= 15 is 0 Å². The minimum Gasteiger partial charge on any atom is -0.265 e. The summed E-state index contributed by atoms with van der Waals surface area (Å²) in [5.74, 6) is 0.180. The Labute approximate surface area is 96.8 Å². The molecule has 0 spiro atoms. The van der Waals surface area contributed by atoms with Crippen LogP contribution in [0, 0.1) is 11.3 Å². The molecule has 0 radical (unpaired) electrons. The summed E-state index contributed by atoms with van der Waals surface area (Å²) in [5.41, 5.74) is -0.246. The molecule has 1 heterocycles. The maximum atomic E-state index is 12.6. The molecule has 0 bridgehead atoms. The van der Waals surface area contributed by atoms with Gasteiger partial charge in [-0.1, -0.05) is 0 Å². The molecule has 0 aromatic carbocycles. The van der Waals surface area contributed by atoms with Gasteiger partial charge in [-0.15, -0.1) is 0 Å². The van der Waals surface area contributed by atoms with Gasteiger partial charge in [-0.05, 0) is 25.8 Å². The van der Waals surface area contributed by atoms with Gasteiger partial charge < -0.3 is 0 Å². The van der Waals surface area contributed by atoms with Gasteiger partial charge in [0.05, 0.1) is 18.5 Å². The molecule has 0 unspecified atom stereocenters. The summed E-state index contributed by atoms with van der Waals surface area (Å²) in [4.78, 5) is 0. The number of nitriles is 1. The van der Waals surface area contributed by atoms with E-state index in [1.807, 2.05) is 6.07 Å². The van der Waals surface area contributed by atoms with Gasteiger partial charge in [0, 0.05) is 11.6 Å². The number of alkyl halides is 3. The van der Waals surface area contributed by atoms with Gasteiger partial charge in [-0.25, -0.2) is 0 Å².